The third-order valence-corrected chi connectivity index (χ3v) is 3.50. The van der Waals surface area contributed by atoms with Crippen LogP contribution in [0.4, 0.5) is 0 Å². The van der Waals surface area contributed by atoms with Crippen molar-refractivity contribution < 1.29 is 0 Å². The SMILES string of the molecule is CCCCCCCC(C)(C#N)NCC1CC1. The van der Waals surface area contributed by atoms with E-state index in [0.717, 1.165) is 18.9 Å². The van der Waals surface area contributed by atoms with Gasteiger partial charge in [-0.05, 0) is 38.6 Å². The zero-order chi connectivity index (χ0) is 11.9. The summed E-state index contributed by atoms with van der Waals surface area (Å²) in [7, 11) is 0. The Morgan fingerprint density at radius 3 is 2.50 bits per heavy atom. The van der Waals surface area contributed by atoms with Crippen molar-refractivity contribution in [2.75, 3.05) is 6.54 Å². The van der Waals surface area contributed by atoms with Crippen LogP contribution in [0.3, 0.4) is 0 Å². The molecule has 1 rings (SSSR count). The molecule has 0 aromatic carbocycles. The highest BCUT2D eigenvalue weighted by Gasteiger charge is 2.27. The van der Waals surface area contributed by atoms with Gasteiger partial charge in [0.2, 0.25) is 0 Å². The molecule has 1 atom stereocenters. The van der Waals surface area contributed by atoms with E-state index < -0.39 is 0 Å². The summed E-state index contributed by atoms with van der Waals surface area (Å²) in [6, 6.07) is 2.44. The van der Waals surface area contributed by atoms with Crippen LogP contribution in [0.5, 0.6) is 0 Å². The molecule has 0 heterocycles. The van der Waals surface area contributed by atoms with Gasteiger partial charge in [-0.2, -0.15) is 5.26 Å². The minimum atomic E-state index is -0.283. The zero-order valence-corrected chi connectivity index (χ0v) is 10.9. The molecule has 1 N–H and O–H groups in total. The van der Waals surface area contributed by atoms with Crippen molar-refractivity contribution in [2.24, 2.45) is 5.92 Å². The highest BCUT2D eigenvalue weighted by atomic mass is 15.0. The Morgan fingerprint density at radius 2 is 1.94 bits per heavy atom. The molecule has 0 aliphatic heterocycles. The van der Waals surface area contributed by atoms with Gasteiger partial charge in [0.05, 0.1) is 6.07 Å². The average molecular weight is 222 g/mol. The summed E-state index contributed by atoms with van der Waals surface area (Å²) < 4.78 is 0. The molecule has 0 aromatic heterocycles. The first-order valence-corrected chi connectivity index (χ1v) is 6.86. The molecular formula is C14H26N2. The monoisotopic (exact) mass is 222 g/mol. The van der Waals surface area contributed by atoms with E-state index in [4.69, 9.17) is 0 Å². The molecule has 1 aliphatic carbocycles. The molecule has 0 spiro atoms. The number of rotatable bonds is 9. The second-order valence-electron chi connectivity index (χ2n) is 5.43. The number of nitrogens with one attached hydrogen (secondary N) is 1. The maximum Gasteiger partial charge on any atom is 0.103 e. The third kappa shape index (κ3) is 5.51. The first kappa shape index (κ1) is 13.5. The van der Waals surface area contributed by atoms with Crippen molar-refractivity contribution >= 4 is 0 Å². The van der Waals surface area contributed by atoms with Gasteiger partial charge in [0.25, 0.3) is 0 Å². The summed E-state index contributed by atoms with van der Waals surface area (Å²) in [5, 5.41) is 12.6. The molecule has 2 nitrogen and oxygen atoms in total. The molecular weight excluding hydrogens is 196 g/mol. The smallest absolute Gasteiger partial charge is 0.103 e. The van der Waals surface area contributed by atoms with Crippen LogP contribution in [0.1, 0.15) is 65.2 Å². The van der Waals surface area contributed by atoms with E-state index in [1.165, 1.54) is 44.9 Å². The van der Waals surface area contributed by atoms with Gasteiger partial charge in [0.1, 0.15) is 5.54 Å². The molecule has 16 heavy (non-hydrogen) atoms. The third-order valence-electron chi connectivity index (χ3n) is 3.50. The van der Waals surface area contributed by atoms with E-state index in [2.05, 4.69) is 25.2 Å². The largest absolute Gasteiger partial charge is 0.299 e. The van der Waals surface area contributed by atoms with Crippen molar-refractivity contribution in [3.05, 3.63) is 0 Å². The van der Waals surface area contributed by atoms with Crippen LogP contribution in [0.15, 0.2) is 0 Å². The quantitative estimate of drug-likeness (QED) is 0.605. The minimum Gasteiger partial charge on any atom is -0.299 e. The van der Waals surface area contributed by atoms with Gasteiger partial charge in [0.15, 0.2) is 0 Å². The fourth-order valence-electron chi connectivity index (χ4n) is 1.96. The predicted molar refractivity (Wildman–Crippen MR) is 68.1 cm³/mol. The number of nitrogens with zero attached hydrogens (tertiary/aromatic N) is 1. The Labute approximate surface area is 100 Å². The van der Waals surface area contributed by atoms with E-state index >= 15 is 0 Å². The maximum absolute atomic E-state index is 9.21. The van der Waals surface area contributed by atoms with Crippen LogP contribution in [0.25, 0.3) is 0 Å². The van der Waals surface area contributed by atoms with Crippen molar-refractivity contribution in [1.82, 2.24) is 5.32 Å². The molecule has 2 heteroatoms. The van der Waals surface area contributed by atoms with E-state index in [1.54, 1.807) is 0 Å². The molecule has 92 valence electrons. The summed E-state index contributed by atoms with van der Waals surface area (Å²) in [5.74, 6) is 0.854. The number of unbranched alkanes of at least 4 members (excludes halogenated alkanes) is 4. The van der Waals surface area contributed by atoms with Gasteiger partial charge in [0, 0.05) is 0 Å². The molecule has 1 unspecified atom stereocenters. The highest BCUT2D eigenvalue weighted by molar-refractivity contribution is 5.04. The highest BCUT2D eigenvalue weighted by Crippen LogP contribution is 2.28. The molecule has 1 saturated carbocycles. The minimum absolute atomic E-state index is 0.283. The first-order valence-electron chi connectivity index (χ1n) is 6.86. The van der Waals surface area contributed by atoms with Crippen molar-refractivity contribution in [2.45, 2.75) is 70.8 Å². The Hall–Kier alpha value is -0.550. The lowest BCUT2D eigenvalue weighted by Crippen LogP contribution is -2.42. The predicted octanol–water partition coefficient (Wildman–Crippen LogP) is 3.63. The van der Waals surface area contributed by atoms with E-state index in [-0.39, 0.29) is 5.54 Å². The van der Waals surface area contributed by atoms with Gasteiger partial charge < -0.3 is 0 Å². The summed E-state index contributed by atoms with van der Waals surface area (Å²) in [5.41, 5.74) is -0.283. The lowest BCUT2D eigenvalue weighted by atomic mass is 9.95. The summed E-state index contributed by atoms with van der Waals surface area (Å²) in [4.78, 5) is 0. The first-order chi connectivity index (χ1) is 7.70. The van der Waals surface area contributed by atoms with Crippen LogP contribution in [-0.4, -0.2) is 12.1 Å². The lowest BCUT2D eigenvalue weighted by Gasteiger charge is -2.23. The van der Waals surface area contributed by atoms with Crippen LogP contribution >= 0.6 is 0 Å². The maximum atomic E-state index is 9.21. The van der Waals surface area contributed by atoms with Crippen LogP contribution in [0.2, 0.25) is 0 Å². The molecule has 0 saturated heterocycles. The van der Waals surface area contributed by atoms with Crippen molar-refractivity contribution in [1.29, 1.82) is 5.26 Å². The molecule has 1 fully saturated rings. The fourth-order valence-corrected chi connectivity index (χ4v) is 1.96. The van der Waals surface area contributed by atoms with Gasteiger partial charge in [-0.3, -0.25) is 5.32 Å². The van der Waals surface area contributed by atoms with Crippen LogP contribution in [0, 0.1) is 17.2 Å². The van der Waals surface area contributed by atoms with Gasteiger partial charge in [-0.1, -0.05) is 39.0 Å². The normalized spacial score (nSPS) is 19.1. The topological polar surface area (TPSA) is 35.8 Å². The van der Waals surface area contributed by atoms with Crippen LogP contribution < -0.4 is 5.32 Å². The standard InChI is InChI=1S/C14H26N2/c1-3-4-5-6-7-10-14(2,12-15)16-11-13-8-9-13/h13,16H,3-11H2,1-2H3. The average Bonchev–Trinajstić information content (AvgIpc) is 3.10. The lowest BCUT2D eigenvalue weighted by molar-refractivity contribution is 0.391. The fraction of sp³-hybridized carbons (Fsp3) is 0.929. The second kappa shape index (κ2) is 6.91. The zero-order valence-electron chi connectivity index (χ0n) is 10.9. The van der Waals surface area contributed by atoms with E-state index in [9.17, 15) is 5.26 Å². The summed E-state index contributed by atoms with van der Waals surface area (Å²) in [6.07, 6.45) is 10.1. The van der Waals surface area contributed by atoms with E-state index in [0.29, 0.717) is 0 Å². The molecule has 0 radical (unpaired) electrons. The summed E-state index contributed by atoms with van der Waals surface area (Å²) in [6.45, 7) is 5.32. The second-order valence-corrected chi connectivity index (χ2v) is 5.43. The Balaban J connectivity index is 2.10. The van der Waals surface area contributed by atoms with Gasteiger partial charge >= 0.3 is 0 Å². The van der Waals surface area contributed by atoms with Crippen molar-refractivity contribution in [3.63, 3.8) is 0 Å². The van der Waals surface area contributed by atoms with E-state index in [1.807, 2.05) is 0 Å². The molecule has 1 aliphatic rings. The Bertz CT molecular complexity index is 227. The summed E-state index contributed by atoms with van der Waals surface area (Å²) >= 11 is 0. The number of hydrogen-bond donors (Lipinski definition) is 1. The van der Waals surface area contributed by atoms with Crippen LogP contribution in [-0.2, 0) is 0 Å². The molecule has 0 bridgehead atoms. The Morgan fingerprint density at radius 1 is 1.25 bits per heavy atom. The van der Waals surface area contributed by atoms with Crippen molar-refractivity contribution in [3.8, 4) is 6.07 Å². The van der Waals surface area contributed by atoms with Gasteiger partial charge in [-0.15, -0.1) is 0 Å². The number of nitriles is 1. The molecule has 0 amide bonds. The Kier molecular flexibility index (Phi) is 5.84. The number of hydrogen-bond acceptors (Lipinski definition) is 2. The van der Waals surface area contributed by atoms with Gasteiger partial charge in [-0.25, -0.2) is 0 Å². The molecule has 0 aromatic rings.